The van der Waals surface area contributed by atoms with Crippen LogP contribution in [0.3, 0.4) is 0 Å². The van der Waals surface area contributed by atoms with Crippen LogP contribution in [0.15, 0.2) is 48.5 Å². The molecule has 1 saturated heterocycles. The van der Waals surface area contributed by atoms with E-state index in [2.05, 4.69) is 21.7 Å². The number of halogens is 1. The van der Waals surface area contributed by atoms with Crippen molar-refractivity contribution >= 4 is 5.82 Å². The number of hydrogen-bond acceptors (Lipinski definition) is 4. The monoisotopic (exact) mass is 329 g/mol. The largest absolute Gasteiger partial charge is 0.494 e. The first-order valence-electron chi connectivity index (χ1n) is 8.52. The van der Waals surface area contributed by atoms with E-state index in [0.717, 1.165) is 50.8 Å². The number of pyridine rings is 1. The molecular formula is C19H24FN3O. The van der Waals surface area contributed by atoms with Gasteiger partial charge in [0.15, 0.2) is 0 Å². The van der Waals surface area contributed by atoms with E-state index < -0.39 is 5.95 Å². The number of nitrogens with zero attached hydrogens (tertiary/aromatic N) is 3. The quantitative estimate of drug-likeness (QED) is 0.601. The van der Waals surface area contributed by atoms with Crippen molar-refractivity contribution in [2.75, 3.05) is 37.7 Å². The van der Waals surface area contributed by atoms with Crippen LogP contribution < -0.4 is 9.64 Å². The summed E-state index contributed by atoms with van der Waals surface area (Å²) in [6.07, 6.45) is 1.000. The van der Waals surface area contributed by atoms with Crippen molar-refractivity contribution < 1.29 is 9.13 Å². The average molecular weight is 329 g/mol. The average Bonchev–Trinajstić information content (AvgIpc) is 2.60. The number of para-hydroxylation sites is 1. The summed E-state index contributed by atoms with van der Waals surface area (Å²) in [4.78, 5) is 8.62. The third kappa shape index (κ3) is 4.45. The van der Waals surface area contributed by atoms with Gasteiger partial charge in [-0.25, -0.2) is 4.98 Å². The fourth-order valence-corrected chi connectivity index (χ4v) is 3.13. The van der Waals surface area contributed by atoms with Crippen molar-refractivity contribution in [2.45, 2.75) is 19.4 Å². The molecule has 3 rings (SSSR count). The van der Waals surface area contributed by atoms with E-state index in [1.54, 1.807) is 6.07 Å². The smallest absolute Gasteiger partial charge is 0.214 e. The SMILES string of the molecule is CC1CN(CCCOc2ccccc2)CCN1c1cccc(F)n1. The number of anilines is 1. The molecule has 0 spiro atoms. The Kier molecular flexibility index (Phi) is 5.64. The molecule has 0 bridgehead atoms. The van der Waals surface area contributed by atoms with Gasteiger partial charge in [-0.1, -0.05) is 24.3 Å². The molecule has 0 saturated carbocycles. The third-order valence-corrected chi connectivity index (χ3v) is 4.34. The van der Waals surface area contributed by atoms with Gasteiger partial charge in [0.25, 0.3) is 0 Å². The first-order valence-corrected chi connectivity index (χ1v) is 8.52. The Morgan fingerprint density at radius 2 is 1.96 bits per heavy atom. The van der Waals surface area contributed by atoms with Crippen molar-refractivity contribution in [3.8, 4) is 5.75 Å². The summed E-state index contributed by atoms with van der Waals surface area (Å²) in [6.45, 7) is 6.71. The normalized spacial score (nSPS) is 18.6. The van der Waals surface area contributed by atoms with Crippen LogP contribution in [0.4, 0.5) is 10.2 Å². The predicted octanol–water partition coefficient (Wildman–Crippen LogP) is 3.20. The number of rotatable bonds is 6. The molecule has 1 fully saturated rings. The number of ether oxygens (including phenoxy) is 1. The van der Waals surface area contributed by atoms with Gasteiger partial charge in [-0.2, -0.15) is 4.39 Å². The molecule has 0 amide bonds. The highest BCUT2D eigenvalue weighted by atomic mass is 19.1. The fourth-order valence-electron chi connectivity index (χ4n) is 3.13. The van der Waals surface area contributed by atoms with Gasteiger partial charge in [-0.3, -0.25) is 4.90 Å². The molecule has 24 heavy (non-hydrogen) atoms. The van der Waals surface area contributed by atoms with Gasteiger partial charge in [-0.05, 0) is 37.6 Å². The molecule has 0 N–H and O–H groups in total. The molecule has 1 aromatic carbocycles. The van der Waals surface area contributed by atoms with Gasteiger partial charge in [0.05, 0.1) is 6.61 Å². The van der Waals surface area contributed by atoms with Crippen LogP contribution >= 0.6 is 0 Å². The Bertz CT molecular complexity index is 638. The highest BCUT2D eigenvalue weighted by Crippen LogP contribution is 2.18. The van der Waals surface area contributed by atoms with Crippen molar-refractivity contribution in [3.05, 3.63) is 54.5 Å². The second kappa shape index (κ2) is 8.11. The first-order chi connectivity index (χ1) is 11.7. The molecular weight excluding hydrogens is 305 g/mol. The second-order valence-electron chi connectivity index (χ2n) is 6.18. The summed E-state index contributed by atoms with van der Waals surface area (Å²) in [6, 6.07) is 15.2. The van der Waals surface area contributed by atoms with Crippen LogP contribution in [0.25, 0.3) is 0 Å². The van der Waals surface area contributed by atoms with Crippen LogP contribution in [0, 0.1) is 5.95 Å². The minimum Gasteiger partial charge on any atom is -0.494 e. The van der Waals surface area contributed by atoms with Crippen molar-refractivity contribution in [3.63, 3.8) is 0 Å². The van der Waals surface area contributed by atoms with E-state index in [9.17, 15) is 4.39 Å². The van der Waals surface area contributed by atoms with Crippen molar-refractivity contribution in [1.29, 1.82) is 0 Å². The summed E-state index contributed by atoms with van der Waals surface area (Å²) >= 11 is 0. The van der Waals surface area contributed by atoms with Gasteiger partial charge in [-0.15, -0.1) is 0 Å². The zero-order chi connectivity index (χ0) is 16.8. The van der Waals surface area contributed by atoms with E-state index >= 15 is 0 Å². The predicted molar refractivity (Wildman–Crippen MR) is 94.0 cm³/mol. The van der Waals surface area contributed by atoms with Gasteiger partial charge in [0, 0.05) is 32.2 Å². The minimum absolute atomic E-state index is 0.322. The minimum atomic E-state index is -0.416. The summed E-state index contributed by atoms with van der Waals surface area (Å²) in [5, 5.41) is 0. The van der Waals surface area contributed by atoms with Crippen molar-refractivity contribution in [2.24, 2.45) is 0 Å². The van der Waals surface area contributed by atoms with Gasteiger partial charge in [0.1, 0.15) is 11.6 Å². The first kappa shape index (κ1) is 16.7. The maximum atomic E-state index is 13.3. The number of hydrogen-bond donors (Lipinski definition) is 0. The Hall–Kier alpha value is -2.14. The Labute approximate surface area is 142 Å². The molecule has 0 aliphatic carbocycles. The van der Waals surface area contributed by atoms with Crippen LogP contribution in [0.1, 0.15) is 13.3 Å². The van der Waals surface area contributed by atoms with E-state index in [1.807, 2.05) is 36.4 Å². The zero-order valence-corrected chi connectivity index (χ0v) is 14.1. The van der Waals surface area contributed by atoms with E-state index in [1.165, 1.54) is 6.07 Å². The summed E-state index contributed by atoms with van der Waals surface area (Å²) < 4.78 is 19.0. The molecule has 1 unspecified atom stereocenters. The molecule has 1 aliphatic rings. The number of benzene rings is 1. The summed E-state index contributed by atoms with van der Waals surface area (Å²) in [5.41, 5.74) is 0. The maximum absolute atomic E-state index is 13.3. The lowest BCUT2D eigenvalue weighted by Crippen LogP contribution is -2.52. The third-order valence-electron chi connectivity index (χ3n) is 4.34. The molecule has 5 heteroatoms. The van der Waals surface area contributed by atoms with Gasteiger partial charge >= 0.3 is 0 Å². The van der Waals surface area contributed by atoms with E-state index in [-0.39, 0.29) is 0 Å². The Morgan fingerprint density at radius 1 is 1.12 bits per heavy atom. The zero-order valence-electron chi connectivity index (χ0n) is 14.1. The molecule has 128 valence electrons. The summed E-state index contributed by atoms with van der Waals surface area (Å²) in [7, 11) is 0. The lowest BCUT2D eigenvalue weighted by molar-refractivity contribution is 0.204. The number of piperazine rings is 1. The lowest BCUT2D eigenvalue weighted by Gasteiger charge is -2.40. The standard InChI is InChI=1S/C19H24FN3O/c1-16-15-22(11-6-14-24-17-7-3-2-4-8-17)12-13-23(16)19-10-5-9-18(20)21-19/h2-5,7-10,16H,6,11-15H2,1H3. The number of aromatic nitrogens is 1. The molecule has 2 aromatic rings. The van der Waals surface area contributed by atoms with Crippen LogP contribution in [-0.2, 0) is 0 Å². The topological polar surface area (TPSA) is 28.6 Å². The highest BCUT2D eigenvalue weighted by Gasteiger charge is 2.24. The molecule has 0 radical (unpaired) electrons. The molecule has 1 atom stereocenters. The molecule has 1 aliphatic heterocycles. The van der Waals surface area contributed by atoms with Crippen LogP contribution in [-0.4, -0.2) is 48.7 Å². The highest BCUT2D eigenvalue weighted by molar-refractivity contribution is 5.40. The fraction of sp³-hybridized carbons (Fsp3) is 0.421. The van der Waals surface area contributed by atoms with Crippen LogP contribution in [0.2, 0.25) is 0 Å². The summed E-state index contributed by atoms with van der Waals surface area (Å²) in [5.74, 6) is 1.24. The second-order valence-corrected chi connectivity index (χ2v) is 6.18. The molecule has 4 nitrogen and oxygen atoms in total. The molecule has 1 aromatic heterocycles. The maximum Gasteiger partial charge on any atom is 0.214 e. The van der Waals surface area contributed by atoms with E-state index in [4.69, 9.17) is 4.74 Å². The van der Waals surface area contributed by atoms with E-state index in [0.29, 0.717) is 6.04 Å². The lowest BCUT2D eigenvalue weighted by atomic mass is 10.2. The van der Waals surface area contributed by atoms with Crippen LogP contribution in [0.5, 0.6) is 5.75 Å². The van der Waals surface area contributed by atoms with Gasteiger partial charge in [0.2, 0.25) is 5.95 Å². The Balaban J connectivity index is 1.42. The van der Waals surface area contributed by atoms with Crippen molar-refractivity contribution in [1.82, 2.24) is 9.88 Å². The molecule has 2 heterocycles. The van der Waals surface area contributed by atoms with Gasteiger partial charge < -0.3 is 9.64 Å². The Morgan fingerprint density at radius 3 is 2.71 bits per heavy atom.